The van der Waals surface area contributed by atoms with Crippen LogP contribution >= 0.6 is 0 Å². The van der Waals surface area contributed by atoms with Gasteiger partial charge in [0.1, 0.15) is 5.82 Å². The third kappa shape index (κ3) is 2.32. The van der Waals surface area contributed by atoms with Gasteiger partial charge in [0.2, 0.25) is 0 Å². The molecule has 24 heavy (non-hydrogen) atoms. The van der Waals surface area contributed by atoms with Gasteiger partial charge in [-0.1, -0.05) is 6.92 Å². The number of ether oxygens (including phenoxy) is 1. The van der Waals surface area contributed by atoms with Crippen LogP contribution in [0, 0.1) is 10.1 Å². The summed E-state index contributed by atoms with van der Waals surface area (Å²) in [5.41, 5.74) is 1.94. The van der Waals surface area contributed by atoms with Gasteiger partial charge in [0.25, 0.3) is 5.69 Å². The molecule has 4 rings (SSSR count). The third-order valence-corrected chi connectivity index (χ3v) is 4.86. The number of anilines is 1. The summed E-state index contributed by atoms with van der Waals surface area (Å²) in [5, 5.41) is 10.8. The molecule has 7 heteroatoms. The third-order valence-electron chi connectivity index (χ3n) is 4.86. The van der Waals surface area contributed by atoms with E-state index in [0.29, 0.717) is 5.82 Å². The van der Waals surface area contributed by atoms with Crippen LogP contribution in [0.5, 0.6) is 0 Å². The van der Waals surface area contributed by atoms with Crippen molar-refractivity contribution in [3.8, 4) is 11.4 Å². The number of aromatic nitrogens is 2. The highest BCUT2D eigenvalue weighted by Gasteiger charge is 2.51. The number of aryl methyl sites for hydroxylation is 1. The highest BCUT2D eigenvalue weighted by atomic mass is 16.6. The van der Waals surface area contributed by atoms with E-state index in [9.17, 15) is 10.1 Å². The van der Waals surface area contributed by atoms with Gasteiger partial charge in [-0.3, -0.25) is 10.1 Å². The van der Waals surface area contributed by atoms with Gasteiger partial charge in [0.15, 0.2) is 5.82 Å². The Labute approximate surface area is 139 Å². The number of nitro benzene ring substituents is 1. The molecule has 0 saturated carbocycles. The Bertz CT molecular complexity index is 781. The van der Waals surface area contributed by atoms with E-state index in [1.165, 1.54) is 12.1 Å². The molecule has 3 heterocycles. The van der Waals surface area contributed by atoms with Crippen molar-refractivity contribution >= 4 is 11.5 Å². The average Bonchev–Trinajstić information content (AvgIpc) is 2.52. The Morgan fingerprint density at radius 1 is 1.29 bits per heavy atom. The summed E-state index contributed by atoms with van der Waals surface area (Å²) < 4.78 is 5.39. The van der Waals surface area contributed by atoms with Crippen LogP contribution in [-0.2, 0) is 11.2 Å². The van der Waals surface area contributed by atoms with Crippen molar-refractivity contribution in [1.29, 1.82) is 0 Å². The molecule has 0 radical (unpaired) electrons. The fourth-order valence-corrected chi connectivity index (χ4v) is 3.20. The molecule has 2 saturated heterocycles. The first-order valence-electron chi connectivity index (χ1n) is 8.09. The summed E-state index contributed by atoms with van der Waals surface area (Å²) >= 11 is 0. The summed E-state index contributed by atoms with van der Waals surface area (Å²) in [6.07, 6.45) is 1.94. The molecule has 0 amide bonds. The molecule has 0 bridgehead atoms. The van der Waals surface area contributed by atoms with Crippen molar-refractivity contribution in [3.05, 3.63) is 46.1 Å². The highest BCUT2D eigenvalue weighted by molar-refractivity contribution is 5.61. The second-order valence-corrected chi connectivity index (χ2v) is 6.32. The molecule has 1 aromatic carbocycles. The Kier molecular flexibility index (Phi) is 3.45. The lowest BCUT2D eigenvalue weighted by atomic mass is 9.83. The van der Waals surface area contributed by atoms with Crippen molar-refractivity contribution in [3.63, 3.8) is 0 Å². The molecular formula is C17H18N4O3. The van der Waals surface area contributed by atoms with Gasteiger partial charge in [-0.15, -0.1) is 0 Å². The van der Waals surface area contributed by atoms with E-state index in [2.05, 4.69) is 16.8 Å². The fraction of sp³-hybridized carbons (Fsp3) is 0.412. The van der Waals surface area contributed by atoms with Gasteiger partial charge in [-0.25, -0.2) is 9.97 Å². The number of hydrogen-bond acceptors (Lipinski definition) is 6. The minimum absolute atomic E-state index is 0.0685. The molecule has 0 aliphatic carbocycles. The zero-order chi connectivity index (χ0) is 16.7. The number of hydrogen-bond donors (Lipinski definition) is 0. The second kappa shape index (κ2) is 5.52. The standard InChI is InChI=1S/C17H18N4O3/c1-2-13-9-15(20-8-7-17(20)10-24-11-17)19-16(18-13)12-3-5-14(6-4-12)21(22)23/h3-6,9H,2,7-8,10-11H2,1H3. The summed E-state index contributed by atoms with van der Waals surface area (Å²) in [6, 6.07) is 8.42. The zero-order valence-corrected chi connectivity index (χ0v) is 13.4. The molecule has 7 nitrogen and oxygen atoms in total. The van der Waals surface area contributed by atoms with Gasteiger partial charge in [-0.05, 0) is 25.0 Å². The average molecular weight is 326 g/mol. The van der Waals surface area contributed by atoms with Crippen LogP contribution < -0.4 is 4.90 Å². The van der Waals surface area contributed by atoms with Crippen molar-refractivity contribution in [2.75, 3.05) is 24.7 Å². The molecule has 2 aromatic rings. The van der Waals surface area contributed by atoms with E-state index in [4.69, 9.17) is 9.72 Å². The van der Waals surface area contributed by atoms with E-state index >= 15 is 0 Å². The normalized spacial score (nSPS) is 18.1. The van der Waals surface area contributed by atoms with Crippen molar-refractivity contribution < 1.29 is 9.66 Å². The van der Waals surface area contributed by atoms with Crippen LogP contribution in [0.25, 0.3) is 11.4 Å². The largest absolute Gasteiger partial charge is 0.376 e. The lowest BCUT2D eigenvalue weighted by Crippen LogP contribution is -2.71. The monoisotopic (exact) mass is 326 g/mol. The molecule has 2 aliphatic heterocycles. The Balaban J connectivity index is 1.70. The van der Waals surface area contributed by atoms with Crippen LogP contribution in [0.1, 0.15) is 19.0 Å². The van der Waals surface area contributed by atoms with Gasteiger partial charge in [0, 0.05) is 36.0 Å². The number of nitro groups is 1. The molecule has 1 aromatic heterocycles. The molecule has 0 N–H and O–H groups in total. The van der Waals surface area contributed by atoms with Gasteiger partial charge >= 0.3 is 0 Å². The molecule has 124 valence electrons. The van der Waals surface area contributed by atoms with Crippen molar-refractivity contribution in [2.45, 2.75) is 25.3 Å². The fourth-order valence-electron chi connectivity index (χ4n) is 3.20. The summed E-state index contributed by atoms with van der Waals surface area (Å²) in [5.74, 6) is 1.53. The number of benzene rings is 1. The van der Waals surface area contributed by atoms with Crippen molar-refractivity contribution in [2.24, 2.45) is 0 Å². The lowest BCUT2D eigenvalue weighted by Gasteiger charge is -2.58. The van der Waals surface area contributed by atoms with E-state index in [1.54, 1.807) is 12.1 Å². The Hall–Kier alpha value is -2.54. The van der Waals surface area contributed by atoms with E-state index < -0.39 is 4.92 Å². The predicted molar refractivity (Wildman–Crippen MR) is 89.0 cm³/mol. The lowest BCUT2D eigenvalue weighted by molar-refractivity contribution is -0.384. The second-order valence-electron chi connectivity index (χ2n) is 6.32. The maximum atomic E-state index is 10.8. The van der Waals surface area contributed by atoms with E-state index in [-0.39, 0.29) is 11.2 Å². The quantitative estimate of drug-likeness (QED) is 0.634. The first-order chi connectivity index (χ1) is 11.6. The molecule has 2 aliphatic rings. The molecular weight excluding hydrogens is 308 g/mol. The van der Waals surface area contributed by atoms with E-state index in [0.717, 1.165) is 49.7 Å². The van der Waals surface area contributed by atoms with Gasteiger partial charge in [0.05, 0.1) is 23.7 Å². The number of rotatable bonds is 4. The maximum absolute atomic E-state index is 10.8. The SMILES string of the molecule is CCc1cc(N2CCC23COC3)nc(-c2ccc([N+](=O)[O-])cc2)n1. The number of nitrogens with zero attached hydrogens (tertiary/aromatic N) is 4. The van der Waals surface area contributed by atoms with Gasteiger partial charge in [-0.2, -0.15) is 0 Å². The summed E-state index contributed by atoms with van der Waals surface area (Å²) in [6.45, 7) is 4.55. The predicted octanol–water partition coefficient (Wildman–Crippen LogP) is 2.59. The topological polar surface area (TPSA) is 81.4 Å². The first kappa shape index (κ1) is 15.0. The minimum Gasteiger partial charge on any atom is -0.376 e. The summed E-state index contributed by atoms with van der Waals surface area (Å²) in [4.78, 5) is 22.0. The van der Waals surface area contributed by atoms with Crippen LogP contribution in [0.3, 0.4) is 0 Å². The zero-order valence-electron chi connectivity index (χ0n) is 13.4. The Morgan fingerprint density at radius 3 is 2.54 bits per heavy atom. The van der Waals surface area contributed by atoms with Crippen LogP contribution in [0.15, 0.2) is 30.3 Å². The highest BCUT2D eigenvalue weighted by Crippen LogP contribution is 2.40. The molecule has 1 spiro atoms. The summed E-state index contributed by atoms with van der Waals surface area (Å²) in [7, 11) is 0. The van der Waals surface area contributed by atoms with Crippen molar-refractivity contribution in [1.82, 2.24) is 9.97 Å². The smallest absolute Gasteiger partial charge is 0.269 e. The minimum atomic E-state index is -0.404. The van der Waals surface area contributed by atoms with Gasteiger partial charge < -0.3 is 9.64 Å². The number of non-ortho nitro benzene ring substituents is 1. The molecule has 2 fully saturated rings. The molecule has 0 atom stereocenters. The first-order valence-corrected chi connectivity index (χ1v) is 8.09. The van der Waals surface area contributed by atoms with E-state index in [1.807, 2.05) is 6.07 Å². The molecule has 0 unspecified atom stereocenters. The Morgan fingerprint density at radius 2 is 2.04 bits per heavy atom. The van der Waals surface area contributed by atoms with Crippen LogP contribution in [0.2, 0.25) is 0 Å². The van der Waals surface area contributed by atoms with Crippen LogP contribution in [-0.4, -0.2) is 40.2 Å². The maximum Gasteiger partial charge on any atom is 0.269 e. The van der Waals surface area contributed by atoms with Crippen LogP contribution in [0.4, 0.5) is 11.5 Å².